The van der Waals surface area contributed by atoms with Crippen molar-refractivity contribution in [1.29, 1.82) is 0 Å². The standard InChI is InChI=1S/C23H26FN5O3S/c1-14-13-32-10-9-29(14)21-12-18(16-4-3-15(11-19(16)24)33(2,30)31)17-5-7-25-23(22(17)27-21)20-6-8-26-28-20/h3-5,7,11-12,14,20,26,28H,6,8-10,13H2,1-2H3/t14-,20?/m1/s1. The van der Waals surface area contributed by atoms with Gasteiger partial charge in [0.1, 0.15) is 11.6 Å². The molecule has 0 bridgehead atoms. The predicted molar refractivity (Wildman–Crippen MR) is 124 cm³/mol. The second kappa shape index (κ2) is 8.60. The van der Waals surface area contributed by atoms with E-state index < -0.39 is 15.7 Å². The summed E-state index contributed by atoms with van der Waals surface area (Å²) in [6.45, 7) is 4.73. The summed E-state index contributed by atoms with van der Waals surface area (Å²) in [5.74, 6) is 0.130. The second-order valence-electron chi connectivity index (χ2n) is 8.56. The predicted octanol–water partition coefficient (Wildman–Crippen LogP) is 2.60. The monoisotopic (exact) mass is 471 g/mol. The molecule has 4 heterocycles. The molecule has 5 rings (SSSR count). The number of hydrazine groups is 1. The van der Waals surface area contributed by atoms with Crippen molar-refractivity contribution in [2.45, 2.75) is 30.3 Å². The number of sulfone groups is 1. The van der Waals surface area contributed by atoms with Gasteiger partial charge in [-0.25, -0.2) is 23.2 Å². The molecule has 10 heteroatoms. The molecule has 2 aliphatic rings. The Kier molecular flexibility index (Phi) is 5.77. The van der Waals surface area contributed by atoms with Gasteiger partial charge in [0.15, 0.2) is 9.84 Å². The Morgan fingerprint density at radius 2 is 2.06 bits per heavy atom. The molecule has 174 valence electrons. The normalized spacial score (nSPS) is 21.6. The SMILES string of the molecule is C[C@@H]1COCCN1c1cc(-c2ccc(S(C)(=O)=O)cc2F)c2ccnc(C3CCNN3)c2n1. The smallest absolute Gasteiger partial charge is 0.175 e. The van der Waals surface area contributed by atoms with E-state index in [-0.39, 0.29) is 17.0 Å². The number of aromatic nitrogens is 2. The average Bonchev–Trinajstić information content (AvgIpc) is 3.32. The molecule has 33 heavy (non-hydrogen) atoms. The molecule has 0 aliphatic carbocycles. The molecule has 2 atom stereocenters. The van der Waals surface area contributed by atoms with E-state index in [4.69, 9.17) is 9.72 Å². The highest BCUT2D eigenvalue weighted by atomic mass is 32.2. The Morgan fingerprint density at radius 1 is 1.21 bits per heavy atom. The van der Waals surface area contributed by atoms with Crippen LogP contribution in [0.15, 0.2) is 41.4 Å². The van der Waals surface area contributed by atoms with Crippen LogP contribution < -0.4 is 15.8 Å². The van der Waals surface area contributed by atoms with Gasteiger partial charge in [0.2, 0.25) is 0 Å². The number of hydrogen-bond acceptors (Lipinski definition) is 8. The molecule has 2 fully saturated rings. The van der Waals surface area contributed by atoms with Crippen LogP contribution in [-0.2, 0) is 14.6 Å². The van der Waals surface area contributed by atoms with E-state index in [9.17, 15) is 8.42 Å². The summed E-state index contributed by atoms with van der Waals surface area (Å²) in [4.78, 5) is 11.7. The number of benzene rings is 1. The third-order valence-electron chi connectivity index (χ3n) is 6.23. The minimum atomic E-state index is -3.52. The zero-order chi connectivity index (χ0) is 23.2. The highest BCUT2D eigenvalue weighted by molar-refractivity contribution is 7.90. The van der Waals surface area contributed by atoms with Crippen molar-refractivity contribution in [2.24, 2.45) is 0 Å². The Hall–Kier alpha value is -2.66. The summed E-state index contributed by atoms with van der Waals surface area (Å²) in [6, 6.07) is 7.87. The molecule has 2 N–H and O–H groups in total. The molecule has 2 aromatic heterocycles. The van der Waals surface area contributed by atoms with Crippen molar-refractivity contribution < 1.29 is 17.5 Å². The van der Waals surface area contributed by atoms with Gasteiger partial charge in [-0.3, -0.25) is 10.4 Å². The molecule has 0 amide bonds. The van der Waals surface area contributed by atoms with Crippen LogP contribution in [0.4, 0.5) is 10.2 Å². The summed E-state index contributed by atoms with van der Waals surface area (Å²) >= 11 is 0. The average molecular weight is 472 g/mol. The van der Waals surface area contributed by atoms with E-state index in [1.165, 1.54) is 12.1 Å². The van der Waals surface area contributed by atoms with Crippen molar-refractivity contribution >= 4 is 26.6 Å². The summed E-state index contributed by atoms with van der Waals surface area (Å²) in [6.07, 6.45) is 3.64. The number of ether oxygens (including phenoxy) is 1. The lowest BCUT2D eigenvalue weighted by atomic mass is 9.98. The van der Waals surface area contributed by atoms with Crippen LogP contribution >= 0.6 is 0 Å². The number of nitrogens with zero attached hydrogens (tertiary/aromatic N) is 3. The van der Waals surface area contributed by atoms with Crippen molar-refractivity contribution in [3.63, 3.8) is 0 Å². The van der Waals surface area contributed by atoms with Crippen LogP contribution in [0.5, 0.6) is 0 Å². The first kappa shape index (κ1) is 22.1. The first-order chi connectivity index (χ1) is 15.8. The van der Waals surface area contributed by atoms with Crippen molar-refractivity contribution in [3.05, 3.63) is 48.0 Å². The summed E-state index contributed by atoms with van der Waals surface area (Å²) < 4.78 is 44.7. The fraction of sp³-hybridized carbons (Fsp3) is 0.391. The quantitative estimate of drug-likeness (QED) is 0.600. The van der Waals surface area contributed by atoms with E-state index in [0.717, 1.165) is 42.2 Å². The van der Waals surface area contributed by atoms with Crippen LogP contribution in [-0.4, -0.2) is 57.0 Å². The van der Waals surface area contributed by atoms with Gasteiger partial charge < -0.3 is 9.64 Å². The summed E-state index contributed by atoms with van der Waals surface area (Å²) in [5.41, 5.74) is 8.86. The third-order valence-corrected chi connectivity index (χ3v) is 7.34. The lowest BCUT2D eigenvalue weighted by Crippen LogP contribution is -2.44. The molecule has 0 spiro atoms. The van der Waals surface area contributed by atoms with Gasteiger partial charge in [-0.05, 0) is 43.2 Å². The van der Waals surface area contributed by atoms with Gasteiger partial charge in [0.05, 0.1) is 41.4 Å². The molecule has 2 aliphatic heterocycles. The van der Waals surface area contributed by atoms with Gasteiger partial charge in [0.25, 0.3) is 0 Å². The first-order valence-corrected chi connectivity index (χ1v) is 12.8. The van der Waals surface area contributed by atoms with Crippen molar-refractivity contribution in [3.8, 4) is 11.1 Å². The maximum Gasteiger partial charge on any atom is 0.175 e. The number of morpholine rings is 1. The molecule has 0 saturated carbocycles. The highest BCUT2D eigenvalue weighted by Gasteiger charge is 2.26. The first-order valence-electron chi connectivity index (χ1n) is 11.0. The fourth-order valence-electron chi connectivity index (χ4n) is 4.49. The lowest BCUT2D eigenvalue weighted by molar-refractivity contribution is 0.0986. The number of halogens is 1. The van der Waals surface area contributed by atoms with Crippen LogP contribution in [0.2, 0.25) is 0 Å². The minimum absolute atomic E-state index is 0.0103. The van der Waals surface area contributed by atoms with Gasteiger partial charge in [-0.1, -0.05) is 6.07 Å². The molecule has 1 aromatic carbocycles. The lowest BCUT2D eigenvalue weighted by Gasteiger charge is -2.34. The van der Waals surface area contributed by atoms with Crippen molar-refractivity contribution in [2.75, 3.05) is 37.5 Å². The number of anilines is 1. The molecule has 1 unspecified atom stereocenters. The van der Waals surface area contributed by atoms with Crippen LogP contribution in [0.1, 0.15) is 25.1 Å². The zero-order valence-corrected chi connectivity index (χ0v) is 19.3. The molecular formula is C23H26FN5O3S. The van der Waals surface area contributed by atoms with Gasteiger partial charge in [-0.15, -0.1) is 0 Å². The Labute approximate surface area is 192 Å². The van der Waals surface area contributed by atoms with Gasteiger partial charge >= 0.3 is 0 Å². The largest absolute Gasteiger partial charge is 0.377 e. The summed E-state index contributed by atoms with van der Waals surface area (Å²) in [5, 5.41) is 0.768. The Bertz CT molecular complexity index is 1310. The summed E-state index contributed by atoms with van der Waals surface area (Å²) in [7, 11) is -3.52. The number of fused-ring (bicyclic) bond motifs is 1. The highest BCUT2D eigenvalue weighted by Crippen LogP contribution is 2.37. The third kappa shape index (κ3) is 4.19. The molecule has 3 aromatic rings. The van der Waals surface area contributed by atoms with Crippen LogP contribution in [0.25, 0.3) is 22.0 Å². The number of nitrogens with one attached hydrogen (secondary N) is 2. The minimum Gasteiger partial charge on any atom is -0.377 e. The number of rotatable bonds is 4. The maximum absolute atomic E-state index is 15.3. The fourth-order valence-corrected chi connectivity index (χ4v) is 5.12. The van der Waals surface area contributed by atoms with E-state index in [1.807, 2.05) is 12.1 Å². The number of hydrogen-bond donors (Lipinski definition) is 2. The Morgan fingerprint density at radius 3 is 2.76 bits per heavy atom. The molecule has 2 saturated heterocycles. The molecule has 0 radical (unpaired) electrons. The Balaban J connectivity index is 1.74. The van der Waals surface area contributed by atoms with Crippen molar-refractivity contribution in [1.82, 2.24) is 20.8 Å². The van der Waals surface area contributed by atoms with Crippen LogP contribution in [0, 0.1) is 5.82 Å². The van der Waals surface area contributed by atoms with E-state index in [0.29, 0.717) is 36.4 Å². The maximum atomic E-state index is 15.3. The topological polar surface area (TPSA) is 96.5 Å². The van der Waals surface area contributed by atoms with E-state index in [1.54, 1.807) is 6.20 Å². The molecular weight excluding hydrogens is 445 g/mol. The molecule has 8 nitrogen and oxygen atoms in total. The van der Waals surface area contributed by atoms with Gasteiger partial charge in [0, 0.05) is 36.5 Å². The zero-order valence-electron chi connectivity index (χ0n) is 18.5. The van der Waals surface area contributed by atoms with Crippen LogP contribution in [0.3, 0.4) is 0 Å². The van der Waals surface area contributed by atoms with E-state index >= 15 is 4.39 Å². The number of pyridine rings is 2. The van der Waals surface area contributed by atoms with Gasteiger partial charge in [-0.2, -0.15) is 0 Å². The van der Waals surface area contributed by atoms with E-state index in [2.05, 4.69) is 27.7 Å². The second-order valence-corrected chi connectivity index (χ2v) is 10.6.